The molecule has 3 N–H and O–H groups in total. The van der Waals surface area contributed by atoms with E-state index >= 15 is 0 Å². The third-order valence-electron chi connectivity index (χ3n) is 2.53. The van der Waals surface area contributed by atoms with Gasteiger partial charge in [0.05, 0.1) is 10.7 Å². The Morgan fingerprint density at radius 3 is 2.56 bits per heavy atom. The minimum Gasteiger partial charge on any atom is -0.393 e. The van der Waals surface area contributed by atoms with Crippen LogP contribution in [0, 0.1) is 0 Å². The van der Waals surface area contributed by atoms with Crippen LogP contribution < -0.4 is 10.5 Å². The normalized spacial score (nSPS) is 13.2. The van der Waals surface area contributed by atoms with Crippen LogP contribution in [0.15, 0.2) is 30.3 Å². The van der Waals surface area contributed by atoms with Gasteiger partial charge < -0.3 is 5.73 Å². The maximum atomic E-state index is 11.8. The average Bonchev–Trinajstić information content (AvgIpc) is 2.28. The van der Waals surface area contributed by atoms with E-state index in [1.165, 1.54) is 0 Å². The molecule has 0 aliphatic carbocycles. The second-order valence-corrected chi connectivity index (χ2v) is 6.58. The Labute approximate surface area is 114 Å². The zero-order valence-corrected chi connectivity index (χ0v) is 11.9. The van der Waals surface area contributed by atoms with Crippen LogP contribution in [0.4, 0.5) is 0 Å². The summed E-state index contributed by atoms with van der Waals surface area (Å²) < 4.78 is 26.1. The van der Waals surface area contributed by atoms with Gasteiger partial charge in [0.15, 0.2) is 0 Å². The Hall–Kier alpha value is -0.980. The van der Waals surface area contributed by atoms with Crippen molar-refractivity contribution in [1.82, 2.24) is 4.72 Å². The van der Waals surface area contributed by atoms with Crippen LogP contribution in [0.1, 0.15) is 24.8 Å². The SMILES string of the molecule is CC(CS(=O)(=O)NCCC(N)=S)c1ccccc1. The lowest BCUT2D eigenvalue weighted by Gasteiger charge is -2.13. The van der Waals surface area contributed by atoms with Gasteiger partial charge in [-0.15, -0.1) is 0 Å². The molecule has 0 saturated heterocycles. The van der Waals surface area contributed by atoms with Crippen molar-refractivity contribution in [3.05, 3.63) is 35.9 Å². The molecule has 0 heterocycles. The van der Waals surface area contributed by atoms with Crippen molar-refractivity contribution in [2.24, 2.45) is 5.73 Å². The molecule has 1 unspecified atom stereocenters. The standard InChI is InChI=1S/C12H18N2O2S2/c1-10(11-5-3-2-4-6-11)9-18(15,16)14-8-7-12(13)17/h2-6,10,14H,7-9H2,1H3,(H2,13,17). The van der Waals surface area contributed by atoms with Crippen molar-refractivity contribution in [2.75, 3.05) is 12.3 Å². The zero-order valence-electron chi connectivity index (χ0n) is 10.3. The predicted octanol–water partition coefficient (Wildman–Crippen LogP) is 1.39. The zero-order chi connectivity index (χ0) is 13.6. The van der Waals surface area contributed by atoms with Crippen molar-refractivity contribution in [3.8, 4) is 0 Å². The average molecular weight is 286 g/mol. The highest BCUT2D eigenvalue weighted by Gasteiger charge is 2.16. The monoisotopic (exact) mass is 286 g/mol. The summed E-state index contributed by atoms with van der Waals surface area (Å²) in [5.41, 5.74) is 6.32. The summed E-state index contributed by atoms with van der Waals surface area (Å²) in [7, 11) is -3.29. The van der Waals surface area contributed by atoms with Gasteiger partial charge >= 0.3 is 0 Å². The van der Waals surface area contributed by atoms with E-state index in [0.717, 1.165) is 5.56 Å². The van der Waals surface area contributed by atoms with E-state index < -0.39 is 10.0 Å². The molecule has 0 aliphatic heterocycles. The highest BCUT2D eigenvalue weighted by atomic mass is 32.2. The maximum absolute atomic E-state index is 11.8. The first-order valence-corrected chi connectivity index (χ1v) is 7.77. The third-order valence-corrected chi connectivity index (χ3v) is 4.32. The second-order valence-electron chi connectivity index (χ2n) is 4.20. The van der Waals surface area contributed by atoms with Crippen LogP contribution in [-0.2, 0) is 10.0 Å². The summed E-state index contributed by atoms with van der Waals surface area (Å²) in [4.78, 5) is 0.314. The highest BCUT2D eigenvalue weighted by molar-refractivity contribution is 7.89. The Kier molecular flexibility index (Phi) is 5.71. The van der Waals surface area contributed by atoms with Crippen molar-refractivity contribution in [2.45, 2.75) is 19.3 Å². The van der Waals surface area contributed by atoms with Gasteiger partial charge in [0.2, 0.25) is 10.0 Å². The smallest absolute Gasteiger partial charge is 0.212 e. The van der Waals surface area contributed by atoms with Crippen LogP contribution in [0.3, 0.4) is 0 Å². The second kappa shape index (κ2) is 6.82. The minimum absolute atomic E-state index is 0.0477. The summed E-state index contributed by atoms with van der Waals surface area (Å²) in [6, 6.07) is 9.56. The van der Waals surface area contributed by atoms with Gasteiger partial charge in [-0.3, -0.25) is 0 Å². The fourth-order valence-corrected chi connectivity index (χ4v) is 3.08. The van der Waals surface area contributed by atoms with Crippen molar-refractivity contribution in [3.63, 3.8) is 0 Å². The number of hydrogen-bond donors (Lipinski definition) is 2. The van der Waals surface area contributed by atoms with Crippen LogP contribution >= 0.6 is 12.2 Å². The van der Waals surface area contributed by atoms with E-state index in [0.29, 0.717) is 11.4 Å². The molecule has 1 aromatic rings. The van der Waals surface area contributed by atoms with Crippen LogP contribution in [0.5, 0.6) is 0 Å². The first kappa shape index (κ1) is 15.1. The van der Waals surface area contributed by atoms with Crippen LogP contribution in [0.25, 0.3) is 0 Å². The topological polar surface area (TPSA) is 72.2 Å². The van der Waals surface area contributed by atoms with E-state index in [9.17, 15) is 8.42 Å². The van der Waals surface area contributed by atoms with Gasteiger partial charge in [0.25, 0.3) is 0 Å². The molecular weight excluding hydrogens is 268 g/mol. The van der Waals surface area contributed by atoms with Crippen molar-refractivity contribution >= 4 is 27.2 Å². The van der Waals surface area contributed by atoms with Gasteiger partial charge in [0, 0.05) is 13.0 Å². The first-order valence-electron chi connectivity index (χ1n) is 5.71. The van der Waals surface area contributed by atoms with Crippen LogP contribution in [-0.4, -0.2) is 25.7 Å². The summed E-state index contributed by atoms with van der Waals surface area (Å²) >= 11 is 4.69. The first-order chi connectivity index (χ1) is 8.41. The van der Waals surface area contributed by atoms with E-state index in [1.807, 2.05) is 37.3 Å². The largest absolute Gasteiger partial charge is 0.393 e. The van der Waals surface area contributed by atoms with Gasteiger partial charge in [-0.05, 0) is 11.5 Å². The summed E-state index contributed by atoms with van der Waals surface area (Å²) in [5, 5.41) is 0. The Morgan fingerprint density at radius 1 is 1.39 bits per heavy atom. The lowest BCUT2D eigenvalue weighted by atomic mass is 10.0. The number of benzene rings is 1. The number of hydrogen-bond acceptors (Lipinski definition) is 3. The Balaban J connectivity index is 2.53. The summed E-state index contributed by atoms with van der Waals surface area (Å²) in [6.07, 6.45) is 0.383. The number of nitrogens with one attached hydrogen (secondary N) is 1. The van der Waals surface area contributed by atoms with E-state index in [-0.39, 0.29) is 18.2 Å². The fourth-order valence-electron chi connectivity index (χ4n) is 1.60. The predicted molar refractivity (Wildman–Crippen MR) is 78.0 cm³/mol. The molecule has 0 fully saturated rings. The molecule has 0 radical (unpaired) electrons. The van der Waals surface area contributed by atoms with E-state index in [1.54, 1.807) is 0 Å². The number of thiocarbonyl (C=S) groups is 1. The molecular formula is C12H18N2O2S2. The minimum atomic E-state index is -3.29. The van der Waals surface area contributed by atoms with Gasteiger partial charge in [0.1, 0.15) is 0 Å². The quantitative estimate of drug-likeness (QED) is 0.743. The van der Waals surface area contributed by atoms with Gasteiger partial charge in [-0.25, -0.2) is 13.1 Å². The molecule has 100 valence electrons. The molecule has 18 heavy (non-hydrogen) atoms. The molecule has 0 aromatic heterocycles. The molecule has 1 aromatic carbocycles. The summed E-state index contributed by atoms with van der Waals surface area (Å²) in [6.45, 7) is 2.15. The maximum Gasteiger partial charge on any atom is 0.212 e. The Bertz CT molecular complexity index is 486. The van der Waals surface area contributed by atoms with Gasteiger partial charge in [-0.2, -0.15) is 0 Å². The molecule has 0 saturated carbocycles. The number of sulfonamides is 1. The molecule has 0 aliphatic rings. The number of rotatable bonds is 7. The highest BCUT2D eigenvalue weighted by Crippen LogP contribution is 2.16. The van der Waals surface area contributed by atoms with Crippen molar-refractivity contribution < 1.29 is 8.42 Å². The molecule has 0 bridgehead atoms. The van der Waals surface area contributed by atoms with Crippen molar-refractivity contribution in [1.29, 1.82) is 0 Å². The molecule has 6 heteroatoms. The molecule has 1 atom stereocenters. The molecule has 0 spiro atoms. The number of nitrogens with two attached hydrogens (primary N) is 1. The van der Waals surface area contributed by atoms with E-state index in [2.05, 4.69) is 4.72 Å². The lowest BCUT2D eigenvalue weighted by Crippen LogP contribution is -2.31. The fraction of sp³-hybridized carbons (Fsp3) is 0.417. The van der Waals surface area contributed by atoms with Gasteiger partial charge in [-0.1, -0.05) is 49.5 Å². The molecule has 0 amide bonds. The molecule has 4 nitrogen and oxygen atoms in total. The Morgan fingerprint density at radius 2 is 2.00 bits per heavy atom. The lowest BCUT2D eigenvalue weighted by molar-refractivity contribution is 0.577. The summed E-state index contributed by atoms with van der Waals surface area (Å²) in [5.74, 6) is 0.0162. The third kappa shape index (κ3) is 5.57. The van der Waals surface area contributed by atoms with Crippen LogP contribution in [0.2, 0.25) is 0 Å². The molecule has 1 rings (SSSR count). The van der Waals surface area contributed by atoms with E-state index in [4.69, 9.17) is 18.0 Å².